The Morgan fingerprint density at radius 1 is 1.33 bits per heavy atom. The fourth-order valence-electron chi connectivity index (χ4n) is 3.14. The van der Waals surface area contributed by atoms with Gasteiger partial charge in [0.2, 0.25) is 5.91 Å². The number of aromatic nitrogens is 1. The van der Waals surface area contributed by atoms with Crippen LogP contribution < -0.4 is 4.90 Å². The Morgan fingerprint density at radius 2 is 2.14 bits per heavy atom. The molecule has 1 atom stereocenters. The Balaban J connectivity index is 1.56. The van der Waals surface area contributed by atoms with E-state index >= 15 is 0 Å². The highest BCUT2D eigenvalue weighted by Crippen LogP contribution is 2.21. The molecule has 21 heavy (non-hydrogen) atoms. The second-order valence-corrected chi connectivity index (χ2v) is 5.95. The number of morpholine rings is 1. The van der Waals surface area contributed by atoms with Crippen molar-refractivity contribution < 1.29 is 9.53 Å². The summed E-state index contributed by atoms with van der Waals surface area (Å²) in [6.07, 6.45) is 4.10. The lowest BCUT2D eigenvalue weighted by molar-refractivity contribution is -0.127. The fraction of sp³-hybridized carbons (Fsp3) is 0.625. The van der Waals surface area contributed by atoms with E-state index in [1.165, 1.54) is 5.56 Å². The number of amides is 1. The van der Waals surface area contributed by atoms with Gasteiger partial charge in [-0.25, -0.2) is 4.98 Å². The maximum atomic E-state index is 11.4. The Labute approximate surface area is 125 Å². The van der Waals surface area contributed by atoms with Crippen LogP contribution in [0.3, 0.4) is 0 Å². The average Bonchev–Trinajstić information content (AvgIpc) is 2.98. The summed E-state index contributed by atoms with van der Waals surface area (Å²) >= 11 is 0. The molecule has 0 radical (unpaired) electrons. The highest BCUT2D eigenvalue weighted by molar-refractivity contribution is 5.73. The first-order valence-corrected chi connectivity index (χ1v) is 7.75. The van der Waals surface area contributed by atoms with Crippen LogP contribution in [0.15, 0.2) is 18.3 Å². The third-order valence-corrected chi connectivity index (χ3v) is 4.40. The number of nitrogens with zero attached hydrogens (tertiary/aromatic N) is 3. The Kier molecular flexibility index (Phi) is 4.39. The molecule has 0 unspecified atom stereocenters. The number of likely N-dealkylation sites (tertiary alicyclic amines) is 1. The number of carbonyl (C=O) groups is 1. The van der Waals surface area contributed by atoms with E-state index < -0.39 is 0 Å². The van der Waals surface area contributed by atoms with E-state index in [-0.39, 0.29) is 5.91 Å². The molecule has 3 rings (SSSR count). The number of ether oxygens (including phenoxy) is 1. The summed E-state index contributed by atoms with van der Waals surface area (Å²) in [4.78, 5) is 20.2. The van der Waals surface area contributed by atoms with E-state index in [1.807, 2.05) is 11.1 Å². The van der Waals surface area contributed by atoms with Gasteiger partial charge >= 0.3 is 0 Å². The topological polar surface area (TPSA) is 45.7 Å². The predicted octanol–water partition coefficient (Wildman–Crippen LogP) is 1.33. The quantitative estimate of drug-likeness (QED) is 0.842. The van der Waals surface area contributed by atoms with Crippen LogP contribution in [0.1, 0.15) is 18.9 Å². The monoisotopic (exact) mass is 289 g/mol. The standard InChI is InChI=1S/C16H23N3O2/c1-13(20)19-5-4-15(12-19)10-14-2-3-16(17-11-14)18-6-8-21-9-7-18/h2-3,11,15H,4-10,12H2,1H3/t15-/m1/s1. The molecule has 0 saturated carbocycles. The Morgan fingerprint density at radius 3 is 2.76 bits per heavy atom. The van der Waals surface area contributed by atoms with E-state index in [9.17, 15) is 4.79 Å². The zero-order chi connectivity index (χ0) is 14.7. The van der Waals surface area contributed by atoms with Gasteiger partial charge in [-0.05, 0) is 30.4 Å². The van der Waals surface area contributed by atoms with Crippen molar-refractivity contribution in [3.63, 3.8) is 0 Å². The van der Waals surface area contributed by atoms with Gasteiger partial charge in [0, 0.05) is 39.3 Å². The molecule has 3 heterocycles. The number of pyridine rings is 1. The van der Waals surface area contributed by atoms with Crippen molar-refractivity contribution in [2.24, 2.45) is 5.92 Å². The van der Waals surface area contributed by atoms with Gasteiger partial charge < -0.3 is 14.5 Å². The van der Waals surface area contributed by atoms with Gasteiger partial charge in [0.1, 0.15) is 5.82 Å². The van der Waals surface area contributed by atoms with Crippen molar-refractivity contribution in [1.29, 1.82) is 0 Å². The number of rotatable bonds is 3. The molecule has 2 aliphatic rings. The fourth-order valence-corrected chi connectivity index (χ4v) is 3.14. The van der Waals surface area contributed by atoms with Gasteiger partial charge in [-0.15, -0.1) is 0 Å². The molecule has 0 bridgehead atoms. The zero-order valence-electron chi connectivity index (χ0n) is 12.6. The average molecular weight is 289 g/mol. The minimum atomic E-state index is 0.193. The summed E-state index contributed by atoms with van der Waals surface area (Å²) in [5.74, 6) is 1.81. The largest absolute Gasteiger partial charge is 0.378 e. The van der Waals surface area contributed by atoms with Crippen LogP contribution >= 0.6 is 0 Å². The molecule has 5 nitrogen and oxygen atoms in total. The van der Waals surface area contributed by atoms with Crippen molar-refractivity contribution in [2.75, 3.05) is 44.3 Å². The molecule has 0 spiro atoms. The summed E-state index contributed by atoms with van der Waals surface area (Å²) in [7, 11) is 0. The van der Waals surface area contributed by atoms with Gasteiger partial charge in [-0.1, -0.05) is 6.07 Å². The van der Waals surface area contributed by atoms with Gasteiger partial charge in [0.15, 0.2) is 0 Å². The minimum absolute atomic E-state index is 0.193. The van der Waals surface area contributed by atoms with Crippen LogP contribution in [-0.4, -0.2) is 55.2 Å². The molecule has 2 aliphatic heterocycles. The lowest BCUT2D eigenvalue weighted by Gasteiger charge is -2.27. The van der Waals surface area contributed by atoms with Crippen molar-refractivity contribution >= 4 is 11.7 Å². The van der Waals surface area contributed by atoms with Crippen LogP contribution in [0.2, 0.25) is 0 Å². The molecule has 1 aromatic rings. The highest BCUT2D eigenvalue weighted by atomic mass is 16.5. The van der Waals surface area contributed by atoms with Crippen molar-refractivity contribution in [2.45, 2.75) is 19.8 Å². The molecular weight excluding hydrogens is 266 g/mol. The van der Waals surface area contributed by atoms with Gasteiger partial charge in [0.05, 0.1) is 13.2 Å². The van der Waals surface area contributed by atoms with Crippen molar-refractivity contribution in [3.8, 4) is 0 Å². The molecule has 1 amide bonds. The molecular formula is C16H23N3O2. The first-order chi connectivity index (χ1) is 10.2. The van der Waals surface area contributed by atoms with Crippen molar-refractivity contribution in [1.82, 2.24) is 9.88 Å². The van der Waals surface area contributed by atoms with Gasteiger partial charge in [-0.2, -0.15) is 0 Å². The summed E-state index contributed by atoms with van der Waals surface area (Å²) in [5.41, 5.74) is 1.27. The summed E-state index contributed by atoms with van der Waals surface area (Å²) in [6, 6.07) is 4.28. The molecule has 0 aromatic carbocycles. The molecule has 2 saturated heterocycles. The molecule has 0 N–H and O–H groups in total. The van der Waals surface area contributed by atoms with E-state index in [1.54, 1.807) is 6.92 Å². The SMILES string of the molecule is CC(=O)N1CC[C@H](Cc2ccc(N3CCOCC3)nc2)C1. The normalized spacial score (nSPS) is 22.6. The second-order valence-electron chi connectivity index (χ2n) is 5.95. The van der Waals surface area contributed by atoms with Crippen LogP contribution in [0.4, 0.5) is 5.82 Å². The van der Waals surface area contributed by atoms with E-state index in [2.05, 4.69) is 22.0 Å². The van der Waals surface area contributed by atoms with Crippen LogP contribution in [-0.2, 0) is 16.0 Å². The first kappa shape index (κ1) is 14.3. The maximum absolute atomic E-state index is 11.4. The number of hydrogen-bond donors (Lipinski definition) is 0. The Bertz CT molecular complexity index is 483. The molecule has 5 heteroatoms. The maximum Gasteiger partial charge on any atom is 0.219 e. The third kappa shape index (κ3) is 3.53. The van der Waals surface area contributed by atoms with Gasteiger partial charge in [-0.3, -0.25) is 4.79 Å². The molecule has 2 fully saturated rings. The van der Waals surface area contributed by atoms with Crippen LogP contribution in [0, 0.1) is 5.92 Å². The number of anilines is 1. The highest BCUT2D eigenvalue weighted by Gasteiger charge is 2.24. The predicted molar refractivity (Wildman–Crippen MR) is 81.3 cm³/mol. The van der Waals surface area contributed by atoms with Gasteiger partial charge in [0.25, 0.3) is 0 Å². The number of carbonyl (C=O) groups excluding carboxylic acids is 1. The third-order valence-electron chi connectivity index (χ3n) is 4.40. The van der Waals surface area contributed by atoms with Crippen LogP contribution in [0.25, 0.3) is 0 Å². The van der Waals surface area contributed by atoms with Crippen LogP contribution in [0.5, 0.6) is 0 Å². The van der Waals surface area contributed by atoms with E-state index in [0.717, 1.165) is 58.1 Å². The smallest absolute Gasteiger partial charge is 0.219 e. The van der Waals surface area contributed by atoms with Crippen molar-refractivity contribution in [3.05, 3.63) is 23.9 Å². The lowest BCUT2D eigenvalue weighted by atomic mass is 10.00. The molecule has 0 aliphatic carbocycles. The zero-order valence-corrected chi connectivity index (χ0v) is 12.6. The summed E-state index contributed by atoms with van der Waals surface area (Å²) in [5, 5.41) is 0. The first-order valence-electron chi connectivity index (χ1n) is 7.75. The minimum Gasteiger partial charge on any atom is -0.378 e. The summed E-state index contributed by atoms with van der Waals surface area (Å²) in [6.45, 7) is 6.85. The second kappa shape index (κ2) is 6.43. The van der Waals surface area contributed by atoms with E-state index in [0.29, 0.717) is 5.92 Å². The lowest BCUT2D eigenvalue weighted by Crippen LogP contribution is -2.36. The molecule has 114 valence electrons. The molecule has 1 aromatic heterocycles. The number of hydrogen-bond acceptors (Lipinski definition) is 4. The summed E-state index contributed by atoms with van der Waals surface area (Å²) < 4.78 is 5.36. The van der Waals surface area contributed by atoms with E-state index in [4.69, 9.17) is 4.74 Å². The Hall–Kier alpha value is -1.62.